The number of carbonyl (C=O) groups excluding carboxylic acids is 1. The Morgan fingerprint density at radius 2 is 1.69 bits per heavy atom. The lowest BCUT2D eigenvalue weighted by molar-refractivity contribution is -0.159. The van der Waals surface area contributed by atoms with Crippen molar-refractivity contribution in [1.29, 1.82) is 0 Å². The maximum absolute atomic E-state index is 10.9. The maximum atomic E-state index is 10.9. The molecule has 0 unspecified atom stereocenters. The highest BCUT2D eigenvalue weighted by Crippen LogP contribution is 2.07. The third-order valence-corrected chi connectivity index (χ3v) is 2.11. The first-order valence-electron chi connectivity index (χ1n) is 5.14. The van der Waals surface area contributed by atoms with Gasteiger partial charge in [-0.1, -0.05) is 39.0 Å². The highest BCUT2D eigenvalue weighted by atomic mass is 16.5. The lowest BCUT2D eigenvalue weighted by Gasteiger charge is -2.07. The molecular weight excluding hydrogens is 166 g/mol. The summed E-state index contributed by atoms with van der Waals surface area (Å²) in [6.07, 6.45) is 7.47. The molecule has 0 aromatic carbocycles. The summed E-state index contributed by atoms with van der Waals surface area (Å²) >= 11 is 0. The van der Waals surface area contributed by atoms with Crippen molar-refractivity contribution in [2.75, 3.05) is 7.05 Å². The van der Waals surface area contributed by atoms with E-state index in [1.807, 2.05) is 0 Å². The van der Waals surface area contributed by atoms with Crippen molar-refractivity contribution < 1.29 is 10.0 Å². The number of carbonyl (C=O) groups is 1. The molecule has 0 fully saturated rings. The molecule has 0 spiro atoms. The molecule has 0 radical (unpaired) electrons. The molecule has 0 saturated carbocycles. The van der Waals surface area contributed by atoms with E-state index >= 15 is 0 Å². The summed E-state index contributed by atoms with van der Waals surface area (Å²) in [6, 6.07) is 0. The molecule has 0 aliphatic rings. The van der Waals surface area contributed by atoms with Crippen LogP contribution in [0.1, 0.15) is 51.9 Å². The van der Waals surface area contributed by atoms with Gasteiger partial charge in [-0.3, -0.25) is 10.0 Å². The molecule has 3 heteroatoms. The van der Waals surface area contributed by atoms with E-state index < -0.39 is 0 Å². The van der Waals surface area contributed by atoms with Gasteiger partial charge in [0, 0.05) is 13.5 Å². The Kier molecular flexibility index (Phi) is 7.69. The van der Waals surface area contributed by atoms with E-state index in [9.17, 15) is 4.79 Å². The first-order chi connectivity index (χ1) is 6.18. The Morgan fingerprint density at radius 1 is 1.15 bits per heavy atom. The summed E-state index contributed by atoms with van der Waals surface area (Å²) in [5.41, 5.74) is 0. The highest BCUT2D eigenvalue weighted by molar-refractivity contribution is 5.74. The van der Waals surface area contributed by atoms with Gasteiger partial charge in [0.25, 0.3) is 0 Å². The second-order valence-corrected chi connectivity index (χ2v) is 3.44. The van der Waals surface area contributed by atoms with Crippen LogP contribution in [0.5, 0.6) is 0 Å². The molecule has 0 aromatic heterocycles. The quantitative estimate of drug-likeness (QED) is 0.378. The van der Waals surface area contributed by atoms with Crippen LogP contribution >= 0.6 is 0 Å². The van der Waals surface area contributed by atoms with Crippen LogP contribution in [0.15, 0.2) is 0 Å². The Hall–Kier alpha value is -0.570. The van der Waals surface area contributed by atoms with Gasteiger partial charge in [0.1, 0.15) is 0 Å². The number of nitrogens with zero attached hydrogens (tertiary/aromatic N) is 1. The SMILES string of the molecule is CCCCCCCCC(=O)N(C)O. The number of hydrogen-bond donors (Lipinski definition) is 1. The fourth-order valence-corrected chi connectivity index (χ4v) is 1.22. The minimum Gasteiger partial charge on any atom is -0.286 e. The van der Waals surface area contributed by atoms with Gasteiger partial charge in [0.15, 0.2) is 0 Å². The predicted molar refractivity (Wildman–Crippen MR) is 52.5 cm³/mol. The summed E-state index contributed by atoms with van der Waals surface area (Å²) < 4.78 is 0. The summed E-state index contributed by atoms with van der Waals surface area (Å²) in [4.78, 5) is 10.9. The fourth-order valence-electron chi connectivity index (χ4n) is 1.22. The molecule has 3 nitrogen and oxygen atoms in total. The smallest absolute Gasteiger partial charge is 0.245 e. The number of rotatable bonds is 7. The monoisotopic (exact) mass is 187 g/mol. The zero-order chi connectivity index (χ0) is 10.1. The zero-order valence-electron chi connectivity index (χ0n) is 8.75. The van der Waals surface area contributed by atoms with Crippen molar-refractivity contribution in [2.24, 2.45) is 0 Å². The van der Waals surface area contributed by atoms with Crippen LogP contribution < -0.4 is 0 Å². The van der Waals surface area contributed by atoms with Crippen molar-refractivity contribution in [3.63, 3.8) is 0 Å². The van der Waals surface area contributed by atoms with E-state index in [0.717, 1.165) is 12.8 Å². The van der Waals surface area contributed by atoms with Crippen LogP contribution in [-0.4, -0.2) is 23.2 Å². The molecule has 0 rings (SSSR count). The lowest BCUT2D eigenvalue weighted by atomic mass is 10.1. The third-order valence-electron chi connectivity index (χ3n) is 2.11. The van der Waals surface area contributed by atoms with E-state index in [1.54, 1.807) is 0 Å². The molecular formula is C10H21NO2. The molecule has 13 heavy (non-hydrogen) atoms. The van der Waals surface area contributed by atoms with Crippen LogP contribution in [0, 0.1) is 0 Å². The Balaban J connectivity index is 3.12. The Labute approximate surface area is 80.7 Å². The van der Waals surface area contributed by atoms with Crippen molar-refractivity contribution in [3.05, 3.63) is 0 Å². The minimum atomic E-state index is -0.185. The van der Waals surface area contributed by atoms with Crippen LogP contribution in [0.2, 0.25) is 0 Å². The van der Waals surface area contributed by atoms with Gasteiger partial charge >= 0.3 is 0 Å². The average molecular weight is 187 g/mol. The van der Waals surface area contributed by atoms with Crippen LogP contribution in [0.4, 0.5) is 0 Å². The number of unbranched alkanes of at least 4 members (excludes halogenated alkanes) is 5. The van der Waals surface area contributed by atoms with Gasteiger partial charge in [0.2, 0.25) is 5.91 Å². The molecule has 0 heterocycles. The standard InChI is InChI=1S/C10H21NO2/c1-3-4-5-6-7-8-9-10(12)11(2)13/h13H,3-9H2,1-2H3. The second-order valence-electron chi connectivity index (χ2n) is 3.44. The molecule has 0 aliphatic heterocycles. The number of hydroxylamine groups is 2. The fraction of sp³-hybridized carbons (Fsp3) is 0.900. The van der Waals surface area contributed by atoms with Gasteiger partial charge in [0.05, 0.1) is 0 Å². The van der Waals surface area contributed by atoms with E-state index in [2.05, 4.69) is 6.92 Å². The molecule has 78 valence electrons. The molecule has 0 atom stereocenters. The summed E-state index contributed by atoms with van der Waals surface area (Å²) in [5.74, 6) is -0.185. The van der Waals surface area contributed by atoms with Gasteiger partial charge in [-0.25, -0.2) is 5.06 Å². The van der Waals surface area contributed by atoms with Crippen LogP contribution in [-0.2, 0) is 4.79 Å². The molecule has 0 bridgehead atoms. The molecule has 1 amide bonds. The van der Waals surface area contributed by atoms with Crippen LogP contribution in [0.25, 0.3) is 0 Å². The maximum Gasteiger partial charge on any atom is 0.245 e. The lowest BCUT2D eigenvalue weighted by Crippen LogP contribution is -2.21. The van der Waals surface area contributed by atoms with Crippen molar-refractivity contribution in [3.8, 4) is 0 Å². The van der Waals surface area contributed by atoms with E-state index in [1.165, 1.54) is 32.7 Å². The highest BCUT2D eigenvalue weighted by Gasteiger charge is 2.03. The molecule has 0 aromatic rings. The summed E-state index contributed by atoms with van der Waals surface area (Å²) in [5, 5.41) is 9.42. The van der Waals surface area contributed by atoms with Crippen molar-refractivity contribution >= 4 is 5.91 Å². The van der Waals surface area contributed by atoms with Crippen molar-refractivity contribution in [2.45, 2.75) is 51.9 Å². The second kappa shape index (κ2) is 8.05. The average Bonchev–Trinajstić information content (AvgIpc) is 2.10. The van der Waals surface area contributed by atoms with E-state index in [0.29, 0.717) is 11.5 Å². The van der Waals surface area contributed by atoms with Crippen molar-refractivity contribution in [1.82, 2.24) is 5.06 Å². The van der Waals surface area contributed by atoms with E-state index in [-0.39, 0.29) is 5.91 Å². The topological polar surface area (TPSA) is 40.5 Å². The van der Waals surface area contributed by atoms with Gasteiger partial charge in [-0.2, -0.15) is 0 Å². The normalized spacial score (nSPS) is 10.1. The Morgan fingerprint density at radius 3 is 2.23 bits per heavy atom. The number of hydrogen-bond acceptors (Lipinski definition) is 2. The summed E-state index contributed by atoms with van der Waals surface area (Å²) in [6.45, 7) is 2.18. The molecule has 0 saturated heterocycles. The third kappa shape index (κ3) is 7.78. The first-order valence-corrected chi connectivity index (χ1v) is 5.14. The van der Waals surface area contributed by atoms with Gasteiger partial charge in [-0.05, 0) is 6.42 Å². The van der Waals surface area contributed by atoms with E-state index in [4.69, 9.17) is 5.21 Å². The molecule has 0 aliphatic carbocycles. The summed E-state index contributed by atoms with van der Waals surface area (Å²) in [7, 11) is 1.37. The van der Waals surface area contributed by atoms with Gasteiger partial charge in [-0.15, -0.1) is 0 Å². The largest absolute Gasteiger partial charge is 0.286 e. The zero-order valence-corrected chi connectivity index (χ0v) is 8.75. The van der Waals surface area contributed by atoms with Crippen LogP contribution in [0.3, 0.4) is 0 Å². The Bertz CT molecular complexity index is 135. The first kappa shape index (κ1) is 12.4. The molecule has 1 N–H and O–H groups in total. The van der Waals surface area contributed by atoms with Gasteiger partial charge < -0.3 is 0 Å². The number of amides is 1. The predicted octanol–water partition coefficient (Wildman–Crippen LogP) is 2.58. The minimum absolute atomic E-state index is 0.185.